The van der Waals surface area contributed by atoms with Gasteiger partial charge in [-0.1, -0.05) is 0 Å². The molecule has 0 amide bonds. The monoisotopic (exact) mass is 180 g/mol. The number of rotatable bonds is 3. The molecule has 0 aliphatic rings. The Morgan fingerprint density at radius 2 is 1.91 bits per heavy atom. The van der Waals surface area contributed by atoms with E-state index >= 15 is 0 Å². The number of carboxylic acids is 1. The molecule has 3 N–H and O–H groups in total. The Bertz CT molecular complexity index is 256. The standard InChI is InChI=1S/C4H5O6P/c5-2-3(1-4(6)7)11(8,9)10/h1H2,(H,6,7)(H2,8,9,10). The predicted octanol–water partition coefficient (Wildman–Crippen LogP) is -0.646. The summed E-state index contributed by atoms with van der Waals surface area (Å²) in [6.45, 7) is 0. The van der Waals surface area contributed by atoms with Crippen molar-refractivity contribution in [2.45, 2.75) is 6.42 Å². The number of hydrogen-bond donors (Lipinski definition) is 3. The molecular weight excluding hydrogens is 175 g/mol. The lowest BCUT2D eigenvalue weighted by Gasteiger charge is -2.00. The highest BCUT2D eigenvalue weighted by Crippen LogP contribution is 2.44. The van der Waals surface area contributed by atoms with Crippen molar-refractivity contribution in [1.29, 1.82) is 0 Å². The van der Waals surface area contributed by atoms with Crippen molar-refractivity contribution in [2.75, 3.05) is 0 Å². The van der Waals surface area contributed by atoms with E-state index in [1.807, 2.05) is 0 Å². The molecule has 0 unspecified atom stereocenters. The van der Waals surface area contributed by atoms with Crippen LogP contribution in [0.15, 0.2) is 5.31 Å². The average molecular weight is 180 g/mol. The molecule has 0 radical (unpaired) electrons. The molecule has 0 aromatic carbocycles. The van der Waals surface area contributed by atoms with E-state index in [1.165, 1.54) is 0 Å². The van der Waals surface area contributed by atoms with Crippen LogP contribution in [0.5, 0.6) is 0 Å². The Labute approximate surface area is 61.3 Å². The third-order valence-electron chi connectivity index (χ3n) is 0.788. The summed E-state index contributed by atoms with van der Waals surface area (Å²) < 4.78 is 10.2. The van der Waals surface area contributed by atoms with Gasteiger partial charge in [0.25, 0.3) is 0 Å². The van der Waals surface area contributed by atoms with Gasteiger partial charge in [-0.3, -0.25) is 9.36 Å². The molecule has 7 heteroatoms. The van der Waals surface area contributed by atoms with Crippen molar-refractivity contribution < 1.29 is 29.0 Å². The quantitative estimate of drug-likeness (QED) is 0.393. The molecule has 0 fully saturated rings. The number of aliphatic carboxylic acids is 1. The topological polar surface area (TPSA) is 112 Å². The van der Waals surface area contributed by atoms with E-state index in [4.69, 9.17) is 14.9 Å². The van der Waals surface area contributed by atoms with E-state index in [0.29, 0.717) is 0 Å². The molecule has 0 aliphatic carbocycles. The number of hydrogen-bond acceptors (Lipinski definition) is 3. The Morgan fingerprint density at radius 3 is 2.00 bits per heavy atom. The molecule has 62 valence electrons. The Morgan fingerprint density at radius 1 is 1.45 bits per heavy atom. The summed E-state index contributed by atoms with van der Waals surface area (Å²) in [4.78, 5) is 36.2. The lowest BCUT2D eigenvalue weighted by molar-refractivity contribution is -0.136. The zero-order valence-corrected chi connectivity index (χ0v) is 6.12. The van der Waals surface area contributed by atoms with Gasteiger partial charge in [-0.2, -0.15) is 0 Å². The largest absolute Gasteiger partial charge is 0.481 e. The molecule has 0 aromatic heterocycles. The fourth-order valence-corrected chi connectivity index (χ4v) is 0.802. The summed E-state index contributed by atoms with van der Waals surface area (Å²) in [5.74, 6) is -0.584. The minimum absolute atomic E-state index is 0.896. The van der Waals surface area contributed by atoms with E-state index in [0.717, 1.165) is 5.94 Å². The van der Waals surface area contributed by atoms with Crippen molar-refractivity contribution in [1.82, 2.24) is 0 Å². The lowest BCUT2D eigenvalue weighted by Crippen LogP contribution is -1.98. The third kappa shape index (κ3) is 3.70. The Balaban J connectivity index is 4.61. The maximum Gasteiger partial charge on any atom is 0.363 e. The number of carboxylic acid groups (broad SMARTS) is 1. The molecule has 0 heterocycles. The van der Waals surface area contributed by atoms with Gasteiger partial charge in [-0.05, 0) is 0 Å². The number of carbonyl (C=O) groups excluding carboxylic acids is 1. The first-order valence-corrected chi connectivity index (χ1v) is 4.01. The van der Waals surface area contributed by atoms with Gasteiger partial charge in [0, 0.05) is 0 Å². The van der Waals surface area contributed by atoms with Crippen LogP contribution in [0.4, 0.5) is 0 Å². The molecule has 0 saturated carbocycles. The van der Waals surface area contributed by atoms with Crippen molar-refractivity contribution in [3.05, 3.63) is 5.31 Å². The van der Waals surface area contributed by atoms with Crippen molar-refractivity contribution in [3.63, 3.8) is 0 Å². The molecular formula is C4H5O6P. The molecule has 0 bridgehead atoms. The summed E-state index contributed by atoms with van der Waals surface area (Å²) in [5, 5.41) is 7.00. The van der Waals surface area contributed by atoms with Crippen molar-refractivity contribution in [2.24, 2.45) is 0 Å². The summed E-state index contributed by atoms with van der Waals surface area (Å²) in [5.41, 5.74) is 0. The van der Waals surface area contributed by atoms with Crippen LogP contribution in [0, 0.1) is 0 Å². The zero-order valence-electron chi connectivity index (χ0n) is 5.22. The molecule has 0 atom stereocenters. The highest BCUT2D eigenvalue weighted by atomic mass is 31.2. The fourth-order valence-electron chi connectivity index (χ4n) is 0.342. The first kappa shape index (κ1) is 10.1. The van der Waals surface area contributed by atoms with Crippen LogP contribution in [0.2, 0.25) is 0 Å². The highest BCUT2D eigenvalue weighted by molar-refractivity contribution is 7.57. The van der Waals surface area contributed by atoms with Gasteiger partial charge in [0.05, 0.1) is 6.42 Å². The lowest BCUT2D eigenvalue weighted by atomic mass is 10.4. The summed E-state index contributed by atoms with van der Waals surface area (Å²) in [7, 11) is -4.72. The highest BCUT2D eigenvalue weighted by Gasteiger charge is 2.24. The first-order valence-electron chi connectivity index (χ1n) is 2.40. The van der Waals surface area contributed by atoms with Gasteiger partial charge in [0.15, 0.2) is 0 Å². The minimum Gasteiger partial charge on any atom is -0.481 e. The fraction of sp³-hybridized carbons (Fsp3) is 0.250. The number of carbonyl (C=O) groups is 1. The first-order chi connectivity index (χ1) is 4.88. The van der Waals surface area contributed by atoms with Crippen LogP contribution in [0.25, 0.3) is 0 Å². The molecule has 0 saturated heterocycles. The zero-order chi connectivity index (χ0) is 9.07. The smallest absolute Gasteiger partial charge is 0.363 e. The van der Waals surface area contributed by atoms with Gasteiger partial charge in [0.2, 0.25) is 0 Å². The third-order valence-corrected chi connectivity index (χ3v) is 1.74. The van der Waals surface area contributed by atoms with E-state index in [9.17, 15) is 14.2 Å². The summed E-state index contributed by atoms with van der Waals surface area (Å²) >= 11 is 0. The predicted molar refractivity (Wildman–Crippen MR) is 33.5 cm³/mol. The molecule has 0 spiro atoms. The van der Waals surface area contributed by atoms with Crippen LogP contribution < -0.4 is 0 Å². The second-order valence-electron chi connectivity index (χ2n) is 1.66. The van der Waals surface area contributed by atoms with E-state index in [2.05, 4.69) is 0 Å². The summed E-state index contributed by atoms with van der Waals surface area (Å²) in [6, 6.07) is 0. The van der Waals surface area contributed by atoms with Gasteiger partial charge >= 0.3 is 13.6 Å². The molecule has 0 aromatic rings. The van der Waals surface area contributed by atoms with E-state index in [1.54, 1.807) is 0 Å². The van der Waals surface area contributed by atoms with Crippen molar-refractivity contribution in [3.8, 4) is 0 Å². The van der Waals surface area contributed by atoms with Crippen LogP contribution in [0.3, 0.4) is 0 Å². The molecule has 6 nitrogen and oxygen atoms in total. The van der Waals surface area contributed by atoms with Gasteiger partial charge in [-0.25, -0.2) is 4.79 Å². The second-order valence-corrected chi connectivity index (χ2v) is 3.29. The maximum atomic E-state index is 10.2. The van der Waals surface area contributed by atoms with Crippen LogP contribution in [-0.2, 0) is 14.2 Å². The molecule has 0 aliphatic heterocycles. The van der Waals surface area contributed by atoms with Crippen LogP contribution >= 0.6 is 7.60 Å². The Kier molecular flexibility index (Phi) is 3.17. The Hall–Kier alpha value is -0.930. The summed E-state index contributed by atoms with van der Waals surface area (Å²) in [6.07, 6.45) is -0.978. The van der Waals surface area contributed by atoms with Gasteiger partial charge < -0.3 is 14.9 Å². The average Bonchev–Trinajstić information content (AvgIpc) is 1.79. The van der Waals surface area contributed by atoms with E-state index < -0.39 is 25.3 Å². The molecule has 0 rings (SSSR count). The normalized spacial score (nSPS) is 10.4. The maximum absolute atomic E-state index is 10.2. The SMILES string of the molecule is O=C=C(CC(=O)O)P(=O)(O)O. The molecule has 11 heavy (non-hydrogen) atoms. The van der Waals surface area contributed by atoms with Crippen LogP contribution in [0.1, 0.15) is 6.42 Å². The van der Waals surface area contributed by atoms with Gasteiger partial charge in [0.1, 0.15) is 11.3 Å². The van der Waals surface area contributed by atoms with Gasteiger partial charge in [-0.15, -0.1) is 0 Å². The second kappa shape index (κ2) is 3.46. The van der Waals surface area contributed by atoms with Crippen LogP contribution in [-0.4, -0.2) is 26.8 Å². The van der Waals surface area contributed by atoms with E-state index in [-0.39, 0.29) is 0 Å². The minimum atomic E-state index is -4.72. The van der Waals surface area contributed by atoms with Crippen molar-refractivity contribution >= 4 is 19.5 Å².